The first-order valence-corrected chi connectivity index (χ1v) is 10.6. The van der Waals surface area contributed by atoms with E-state index in [0.717, 1.165) is 38.0 Å². The number of nitrogens with zero attached hydrogens (tertiary/aromatic N) is 1. The number of fused-ring (bicyclic) bond motifs is 2. The Bertz CT molecular complexity index is 1080. The molecule has 0 unspecified atom stereocenters. The summed E-state index contributed by atoms with van der Waals surface area (Å²) in [5.74, 6) is -0.102. The molecule has 3 N–H and O–H groups in total. The number of likely N-dealkylation sites (N-methyl/N-ethyl adjacent to an activating group) is 1. The van der Waals surface area contributed by atoms with Crippen molar-refractivity contribution < 1.29 is 9.69 Å². The zero-order chi connectivity index (χ0) is 20.4. The van der Waals surface area contributed by atoms with Crippen molar-refractivity contribution in [1.82, 2.24) is 14.9 Å². The summed E-state index contributed by atoms with van der Waals surface area (Å²) in [4.78, 5) is 29.6. The molecule has 152 valence electrons. The zero-order valence-corrected chi connectivity index (χ0v) is 17.1. The van der Waals surface area contributed by atoms with Gasteiger partial charge in [-0.05, 0) is 56.0 Å². The summed E-state index contributed by atoms with van der Waals surface area (Å²) in [6.45, 7) is 7.98. The van der Waals surface area contributed by atoms with Gasteiger partial charge in [-0.3, -0.25) is 9.36 Å². The fourth-order valence-electron chi connectivity index (χ4n) is 4.35. The minimum atomic E-state index is -0.117. The van der Waals surface area contributed by atoms with Crippen molar-refractivity contribution in [3.63, 3.8) is 0 Å². The van der Waals surface area contributed by atoms with Crippen LogP contribution in [-0.2, 0) is 13.0 Å². The van der Waals surface area contributed by atoms with Crippen molar-refractivity contribution in [2.45, 2.75) is 39.3 Å². The van der Waals surface area contributed by atoms with Gasteiger partial charge >= 0.3 is 5.69 Å². The van der Waals surface area contributed by atoms with Gasteiger partial charge < -0.3 is 15.2 Å². The van der Waals surface area contributed by atoms with Gasteiger partial charge in [0.2, 0.25) is 0 Å². The highest BCUT2D eigenvalue weighted by Gasteiger charge is 2.24. The fourth-order valence-corrected chi connectivity index (χ4v) is 4.35. The van der Waals surface area contributed by atoms with Crippen LogP contribution in [0.25, 0.3) is 11.0 Å². The highest BCUT2D eigenvalue weighted by Crippen LogP contribution is 2.31. The van der Waals surface area contributed by atoms with E-state index >= 15 is 0 Å². The van der Waals surface area contributed by atoms with Crippen molar-refractivity contribution in [3.05, 3.63) is 69.6 Å². The van der Waals surface area contributed by atoms with Gasteiger partial charge in [-0.15, -0.1) is 0 Å². The monoisotopic (exact) mass is 393 g/mol. The second kappa shape index (κ2) is 8.25. The van der Waals surface area contributed by atoms with Crippen molar-refractivity contribution in [2.24, 2.45) is 0 Å². The molecule has 0 bridgehead atoms. The molecule has 0 aliphatic heterocycles. The standard InChI is InChI=1S/C23H28N4O2/c1-3-26(4-2)13-14-27-21-12-10-17(15-20(21)25-23(27)29)22(28)24-19-11-9-16-7-5-6-8-18(16)19/h5-8,10,12,15,19H,3-4,9,11,13-14H2,1-2H3,(H,24,28)(H,25,29)/p+1/t19-/m1/s1. The first-order chi connectivity index (χ1) is 14.1. The van der Waals surface area contributed by atoms with Crippen molar-refractivity contribution in [2.75, 3.05) is 19.6 Å². The number of quaternary nitrogens is 1. The highest BCUT2D eigenvalue weighted by atomic mass is 16.2. The third-order valence-electron chi connectivity index (χ3n) is 6.16. The van der Waals surface area contributed by atoms with Gasteiger partial charge in [0.25, 0.3) is 5.91 Å². The number of hydrogen-bond acceptors (Lipinski definition) is 2. The SMILES string of the molecule is CC[NH+](CC)CCn1c(=O)[nH]c2cc(C(=O)N[C@@H]3CCc4ccccc43)ccc21. The molecule has 6 nitrogen and oxygen atoms in total. The molecule has 0 fully saturated rings. The third kappa shape index (κ3) is 3.85. The van der Waals surface area contributed by atoms with Gasteiger partial charge in [0.05, 0.1) is 43.3 Å². The summed E-state index contributed by atoms with van der Waals surface area (Å²) < 4.78 is 1.77. The summed E-state index contributed by atoms with van der Waals surface area (Å²) >= 11 is 0. The van der Waals surface area contributed by atoms with Crippen molar-refractivity contribution in [3.8, 4) is 0 Å². The van der Waals surface area contributed by atoms with Crippen LogP contribution < -0.4 is 15.9 Å². The maximum atomic E-state index is 12.8. The average Bonchev–Trinajstić information content (AvgIpc) is 3.28. The molecule has 0 radical (unpaired) electrons. The summed E-state index contributed by atoms with van der Waals surface area (Å²) in [6.07, 6.45) is 1.92. The lowest BCUT2D eigenvalue weighted by atomic mass is 10.1. The third-order valence-corrected chi connectivity index (χ3v) is 6.16. The highest BCUT2D eigenvalue weighted by molar-refractivity contribution is 5.97. The molecule has 3 aromatic rings. The molecule has 1 aromatic heterocycles. The van der Waals surface area contributed by atoms with Crippen LogP contribution in [0.2, 0.25) is 0 Å². The van der Waals surface area contributed by atoms with E-state index in [-0.39, 0.29) is 17.6 Å². The van der Waals surface area contributed by atoms with Crippen LogP contribution in [0.4, 0.5) is 0 Å². The molecular weight excluding hydrogens is 364 g/mol. The van der Waals surface area contributed by atoms with Gasteiger partial charge in [-0.2, -0.15) is 0 Å². The molecule has 1 amide bonds. The van der Waals surface area contributed by atoms with E-state index in [1.54, 1.807) is 10.6 Å². The first kappa shape index (κ1) is 19.5. The maximum absolute atomic E-state index is 12.8. The lowest BCUT2D eigenvalue weighted by Gasteiger charge is -2.15. The van der Waals surface area contributed by atoms with E-state index in [0.29, 0.717) is 17.6 Å². The predicted octanol–water partition coefficient (Wildman–Crippen LogP) is 1.67. The predicted molar refractivity (Wildman–Crippen MR) is 114 cm³/mol. The van der Waals surface area contributed by atoms with E-state index in [1.807, 2.05) is 24.3 Å². The number of benzene rings is 2. The van der Waals surface area contributed by atoms with E-state index in [9.17, 15) is 9.59 Å². The maximum Gasteiger partial charge on any atom is 0.326 e. The zero-order valence-electron chi connectivity index (χ0n) is 17.1. The number of aromatic nitrogens is 2. The molecule has 1 atom stereocenters. The molecule has 2 aromatic carbocycles. The Balaban J connectivity index is 1.52. The van der Waals surface area contributed by atoms with Crippen molar-refractivity contribution in [1.29, 1.82) is 0 Å². The molecule has 0 saturated heterocycles. The minimum absolute atomic E-state index is 0.0510. The first-order valence-electron chi connectivity index (χ1n) is 10.6. The number of H-pyrrole nitrogens is 1. The summed E-state index contributed by atoms with van der Waals surface area (Å²) in [7, 11) is 0. The fraction of sp³-hybridized carbons (Fsp3) is 0.391. The Morgan fingerprint density at radius 2 is 2.00 bits per heavy atom. The summed E-state index contributed by atoms with van der Waals surface area (Å²) in [5, 5.41) is 3.15. The van der Waals surface area contributed by atoms with Crippen LogP contribution in [0.3, 0.4) is 0 Å². The topological polar surface area (TPSA) is 71.3 Å². The molecule has 29 heavy (non-hydrogen) atoms. The Labute approximate surface area is 170 Å². The van der Waals surface area contributed by atoms with E-state index in [2.05, 4.69) is 36.3 Å². The number of carbonyl (C=O) groups is 1. The molecule has 6 heteroatoms. The molecule has 0 spiro atoms. The number of aryl methyl sites for hydroxylation is 1. The Morgan fingerprint density at radius 3 is 2.79 bits per heavy atom. The number of rotatable bonds is 7. The minimum Gasteiger partial charge on any atom is -0.345 e. The van der Waals surface area contributed by atoms with Crippen LogP contribution in [0, 0.1) is 0 Å². The van der Waals surface area contributed by atoms with Gasteiger partial charge in [-0.25, -0.2) is 4.79 Å². The van der Waals surface area contributed by atoms with Gasteiger partial charge in [0.15, 0.2) is 0 Å². The van der Waals surface area contributed by atoms with Crippen LogP contribution in [0.1, 0.15) is 47.8 Å². The molecule has 1 aliphatic carbocycles. The second-order valence-electron chi connectivity index (χ2n) is 7.78. The van der Waals surface area contributed by atoms with Crippen LogP contribution >= 0.6 is 0 Å². The number of amides is 1. The second-order valence-corrected chi connectivity index (χ2v) is 7.78. The molecule has 0 saturated carbocycles. The lowest BCUT2D eigenvalue weighted by molar-refractivity contribution is -0.897. The van der Waals surface area contributed by atoms with Crippen LogP contribution in [-0.4, -0.2) is 35.1 Å². The largest absolute Gasteiger partial charge is 0.345 e. The normalized spacial score (nSPS) is 15.8. The number of carbonyl (C=O) groups excluding carboxylic acids is 1. The number of imidazole rings is 1. The van der Waals surface area contributed by atoms with Gasteiger partial charge in [-0.1, -0.05) is 24.3 Å². The Morgan fingerprint density at radius 1 is 1.21 bits per heavy atom. The van der Waals surface area contributed by atoms with E-state index in [1.165, 1.54) is 16.0 Å². The molecule has 1 aliphatic rings. The number of nitrogens with one attached hydrogen (secondary N) is 3. The van der Waals surface area contributed by atoms with Gasteiger partial charge in [0, 0.05) is 5.56 Å². The Hall–Kier alpha value is -2.86. The quantitative estimate of drug-likeness (QED) is 0.571. The van der Waals surface area contributed by atoms with E-state index < -0.39 is 0 Å². The molecule has 1 heterocycles. The summed E-state index contributed by atoms with van der Waals surface area (Å²) in [6, 6.07) is 13.8. The molecular formula is C23H29N4O2+. The average molecular weight is 394 g/mol. The number of hydrogen-bond donors (Lipinski definition) is 3. The summed E-state index contributed by atoms with van der Waals surface area (Å²) in [5.41, 5.74) is 4.54. The van der Waals surface area contributed by atoms with Gasteiger partial charge in [0.1, 0.15) is 0 Å². The van der Waals surface area contributed by atoms with Crippen LogP contribution in [0.5, 0.6) is 0 Å². The number of aromatic amines is 1. The Kier molecular flexibility index (Phi) is 5.53. The smallest absolute Gasteiger partial charge is 0.326 e. The van der Waals surface area contributed by atoms with Crippen LogP contribution in [0.15, 0.2) is 47.3 Å². The van der Waals surface area contributed by atoms with Crippen molar-refractivity contribution >= 4 is 16.9 Å². The lowest BCUT2D eigenvalue weighted by Crippen LogP contribution is -3.11. The molecule has 4 rings (SSSR count). The van der Waals surface area contributed by atoms with E-state index in [4.69, 9.17) is 0 Å².